The van der Waals surface area contributed by atoms with Crippen molar-refractivity contribution in [3.05, 3.63) is 0 Å². The third-order valence-corrected chi connectivity index (χ3v) is 4.66. The number of urea groups is 1. The average Bonchev–Trinajstić information content (AvgIpc) is 2.99. The molecule has 6 heteroatoms. The van der Waals surface area contributed by atoms with Crippen LogP contribution in [0.2, 0.25) is 0 Å². The second-order valence-electron chi connectivity index (χ2n) is 5.88. The highest BCUT2D eigenvalue weighted by atomic mass is 16.2. The van der Waals surface area contributed by atoms with Crippen molar-refractivity contribution in [2.75, 3.05) is 39.3 Å². The van der Waals surface area contributed by atoms with Crippen LogP contribution in [0.3, 0.4) is 0 Å². The van der Waals surface area contributed by atoms with Crippen molar-refractivity contribution in [1.29, 1.82) is 0 Å². The molecule has 0 saturated carbocycles. The fraction of sp³-hybridized carbons (Fsp3) is 0.846. The topological polar surface area (TPSA) is 64.7 Å². The van der Waals surface area contributed by atoms with Gasteiger partial charge in [0.05, 0.1) is 0 Å². The summed E-state index contributed by atoms with van der Waals surface area (Å²) >= 11 is 0. The summed E-state index contributed by atoms with van der Waals surface area (Å²) in [6.45, 7) is 6.45. The Morgan fingerprint density at radius 2 is 1.53 bits per heavy atom. The van der Waals surface area contributed by atoms with E-state index in [-0.39, 0.29) is 11.9 Å². The van der Waals surface area contributed by atoms with E-state index in [2.05, 4.69) is 20.4 Å². The van der Waals surface area contributed by atoms with Gasteiger partial charge >= 0.3 is 6.03 Å². The first-order chi connectivity index (χ1) is 9.18. The lowest BCUT2D eigenvalue weighted by Gasteiger charge is -2.37. The van der Waals surface area contributed by atoms with Crippen molar-refractivity contribution in [3.8, 4) is 0 Å². The Labute approximate surface area is 113 Å². The third-order valence-electron chi connectivity index (χ3n) is 4.66. The van der Waals surface area contributed by atoms with Crippen molar-refractivity contribution < 1.29 is 9.59 Å². The first-order valence-corrected chi connectivity index (χ1v) is 7.26. The summed E-state index contributed by atoms with van der Waals surface area (Å²) in [5.74, 6) is -0.142. The first kappa shape index (κ1) is 12.9. The highest BCUT2D eigenvalue weighted by Crippen LogP contribution is 2.25. The fourth-order valence-electron chi connectivity index (χ4n) is 3.33. The van der Waals surface area contributed by atoms with Gasteiger partial charge in [0.15, 0.2) is 0 Å². The zero-order valence-electron chi connectivity index (χ0n) is 11.3. The molecule has 19 heavy (non-hydrogen) atoms. The lowest BCUT2D eigenvalue weighted by Crippen LogP contribution is -2.55. The molecule has 3 heterocycles. The van der Waals surface area contributed by atoms with Gasteiger partial charge in [-0.1, -0.05) is 0 Å². The number of amides is 3. The van der Waals surface area contributed by atoms with Crippen LogP contribution in [0.4, 0.5) is 4.79 Å². The Bertz CT molecular complexity index is 371. The third kappa shape index (κ3) is 2.60. The normalized spacial score (nSPS) is 27.8. The maximum Gasteiger partial charge on any atom is 0.322 e. The highest BCUT2D eigenvalue weighted by Gasteiger charge is 2.47. The number of imide groups is 1. The zero-order chi connectivity index (χ0) is 13.3. The summed E-state index contributed by atoms with van der Waals surface area (Å²) in [7, 11) is 0. The van der Waals surface area contributed by atoms with Gasteiger partial charge in [-0.15, -0.1) is 0 Å². The molecule has 0 aromatic rings. The van der Waals surface area contributed by atoms with Gasteiger partial charge < -0.3 is 15.1 Å². The van der Waals surface area contributed by atoms with Gasteiger partial charge in [-0.2, -0.15) is 0 Å². The number of carbonyl (C=O) groups is 2. The van der Waals surface area contributed by atoms with E-state index >= 15 is 0 Å². The SMILES string of the molecule is O=C1NC(=O)C2(CCN(CCN3CCCC3)CC2)N1. The second kappa shape index (κ2) is 5.09. The van der Waals surface area contributed by atoms with Crippen LogP contribution in [0.1, 0.15) is 25.7 Å². The molecule has 3 saturated heterocycles. The van der Waals surface area contributed by atoms with E-state index in [1.807, 2.05) is 0 Å². The molecule has 0 aromatic carbocycles. The van der Waals surface area contributed by atoms with E-state index < -0.39 is 5.54 Å². The fourth-order valence-corrected chi connectivity index (χ4v) is 3.33. The molecule has 0 radical (unpaired) electrons. The zero-order valence-corrected chi connectivity index (χ0v) is 11.3. The number of hydrogen-bond acceptors (Lipinski definition) is 4. The van der Waals surface area contributed by atoms with E-state index in [9.17, 15) is 9.59 Å². The summed E-state index contributed by atoms with van der Waals surface area (Å²) in [6.07, 6.45) is 4.11. The van der Waals surface area contributed by atoms with Gasteiger partial charge in [-0.25, -0.2) is 4.79 Å². The molecular formula is C13H22N4O2. The van der Waals surface area contributed by atoms with E-state index in [1.54, 1.807) is 0 Å². The van der Waals surface area contributed by atoms with Gasteiger partial charge in [0, 0.05) is 26.2 Å². The van der Waals surface area contributed by atoms with Crippen LogP contribution in [0.25, 0.3) is 0 Å². The summed E-state index contributed by atoms with van der Waals surface area (Å²) < 4.78 is 0. The van der Waals surface area contributed by atoms with Crippen LogP contribution < -0.4 is 10.6 Å². The highest BCUT2D eigenvalue weighted by molar-refractivity contribution is 6.07. The molecule has 106 valence electrons. The monoisotopic (exact) mass is 266 g/mol. The van der Waals surface area contributed by atoms with Crippen molar-refractivity contribution in [1.82, 2.24) is 20.4 Å². The maximum absolute atomic E-state index is 11.8. The first-order valence-electron chi connectivity index (χ1n) is 7.26. The van der Waals surface area contributed by atoms with Crippen molar-refractivity contribution in [2.45, 2.75) is 31.2 Å². The minimum atomic E-state index is -0.624. The molecule has 0 aromatic heterocycles. The molecule has 0 unspecified atom stereocenters. The largest absolute Gasteiger partial charge is 0.323 e. The molecular weight excluding hydrogens is 244 g/mol. The quantitative estimate of drug-likeness (QED) is 0.692. The van der Waals surface area contributed by atoms with Gasteiger partial charge in [-0.05, 0) is 38.8 Å². The van der Waals surface area contributed by atoms with Crippen molar-refractivity contribution in [2.24, 2.45) is 0 Å². The van der Waals surface area contributed by atoms with Crippen molar-refractivity contribution in [3.63, 3.8) is 0 Å². The Hall–Kier alpha value is -1.14. The van der Waals surface area contributed by atoms with Gasteiger partial charge in [-0.3, -0.25) is 10.1 Å². The predicted octanol–water partition coefficient (Wildman–Crippen LogP) is -0.244. The molecule has 3 aliphatic heterocycles. The maximum atomic E-state index is 11.8. The number of nitrogens with one attached hydrogen (secondary N) is 2. The number of nitrogens with zero attached hydrogens (tertiary/aromatic N) is 2. The van der Waals surface area contributed by atoms with E-state index in [0.717, 1.165) is 39.0 Å². The van der Waals surface area contributed by atoms with Crippen LogP contribution in [-0.2, 0) is 4.79 Å². The summed E-state index contributed by atoms with van der Waals surface area (Å²) in [5, 5.41) is 5.15. The van der Waals surface area contributed by atoms with Crippen LogP contribution in [0.5, 0.6) is 0 Å². The molecule has 1 spiro atoms. The molecule has 3 aliphatic rings. The molecule has 0 atom stereocenters. The van der Waals surface area contributed by atoms with Gasteiger partial charge in [0.2, 0.25) is 0 Å². The van der Waals surface area contributed by atoms with Gasteiger partial charge in [0.1, 0.15) is 5.54 Å². The summed E-state index contributed by atoms with van der Waals surface area (Å²) in [6, 6.07) is -0.337. The number of hydrogen-bond donors (Lipinski definition) is 2. The van der Waals surface area contributed by atoms with Crippen LogP contribution in [0, 0.1) is 0 Å². The second-order valence-corrected chi connectivity index (χ2v) is 5.88. The molecule has 3 fully saturated rings. The summed E-state index contributed by atoms with van der Waals surface area (Å²) in [4.78, 5) is 28.0. The molecule has 6 nitrogen and oxygen atoms in total. The Morgan fingerprint density at radius 1 is 0.947 bits per heavy atom. The smallest absolute Gasteiger partial charge is 0.322 e. The van der Waals surface area contributed by atoms with Crippen molar-refractivity contribution >= 4 is 11.9 Å². The van der Waals surface area contributed by atoms with E-state index in [0.29, 0.717) is 0 Å². The van der Waals surface area contributed by atoms with Crippen LogP contribution in [-0.4, -0.2) is 66.5 Å². The lowest BCUT2D eigenvalue weighted by molar-refractivity contribution is -0.125. The molecule has 0 bridgehead atoms. The standard InChI is InChI=1S/C13H22N4O2/c18-11-13(15-12(19)14-11)3-7-17(8-4-13)10-9-16-5-1-2-6-16/h1-10H2,(H2,14,15,18,19). The van der Waals surface area contributed by atoms with Gasteiger partial charge in [0.25, 0.3) is 5.91 Å². The Morgan fingerprint density at radius 3 is 2.05 bits per heavy atom. The number of rotatable bonds is 3. The van der Waals surface area contributed by atoms with Crippen LogP contribution in [0.15, 0.2) is 0 Å². The Kier molecular flexibility index (Phi) is 3.45. The lowest BCUT2D eigenvalue weighted by atomic mass is 9.88. The average molecular weight is 266 g/mol. The number of carbonyl (C=O) groups excluding carboxylic acids is 2. The number of piperidine rings is 1. The summed E-state index contributed by atoms with van der Waals surface area (Å²) in [5.41, 5.74) is -0.624. The minimum Gasteiger partial charge on any atom is -0.323 e. The Balaban J connectivity index is 1.46. The van der Waals surface area contributed by atoms with E-state index in [4.69, 9.17) is 0 Å². The van der Waals surface area contributed by atoms with E-state index in [1.165, 1.54) is 25.9 Å². The molecule has 0 aliphatic carbocycles. The van der Waals surface area contributed by atoms with Crippen LogP contribution >= 0.6 is 0 Å². The minimum absolute atomic E-state index is 0.142. The molecule has 2 N–H and O–H groups in total. The number of likely N-dealkylation sites (tertiary alicyclic amines) is 2. The predicted molar refractivity (Wildman–Crippen MR) is 70.8 cm³/mol. The molecule has 3 amide bonds. The molecule has 3 rings (SSSR count).